The van der Waals surface area contributed by atoms with Crippen molar-refractivity contribution in [2.45, 2.75) is 31.8 Å². The third-order valence-electron chi connectivity index (χ3n) is 2.41. The van der Waals surface area contributed by atoms with Crippen molar-refractivity contribution in [3.8, 4) is 12.3 Å². The van der Waals surface area contributed by atoms with Gasteiger partial charge in [0.15, 0.2) is 0 Å². The van der Waals surface area contributed by atoms with E-state index in [9.17, 15) is 5.11 Å². The standard InChI is InChI=1S/C11H12OS/c1-2-4-9(12)11-7-8-5-3-6-10(8)13-11/h1,7,9,12H,3-6H2. The highest BCUT2D eigenvalue weighted by Gasteiger charge is 2.17. The van der Waals surface area contributed by atoms with Crippen molar-refractivity contribution in [1.82, 2.24) is 0 Å². The smallest absolute Gasteiger partial charge is 0.0990 e. The maximum absolute atomic E-state index is 9.65. The minimum atomic E-state index is -0.444. The minimum Gasteiger partial charge on any atom is -0.387 e. The van der Waals surface area contributed by atoms with Crippen molar-refractivity contribution in [2.24, 2.45) is 0 Å². The molecule has 68 valence electrons. The van der Waals surface area contributed by atoms with Crippen LogP contribution in [0.25, 0.3) is 0 Å². The van der Waals surface area contributed by atoms with E-state index in [0.717, 1.165) is 4.88 Å². The van der Waals surface area contributed by atoms with Crippen molar-refractivity contribution in [2.75, 3.05) is 0 Å². The normalized spacial score (nSPS) is 16.6. The first-order valence-corrected chi connectivity index (χ1v) is 5.36. The molecule has 1 nitrogen and oxygen atoms in total. The number of thiophene rings is 1. The Hall–Kier alpha value is -0.780. The zero-order chi connectivity index (χ0) is 9.26. The molecule has 0 aromatic carbocycles. The summed E-state index contributed by atoms with van der Waals surface area (Å²) in [4.78, 5) is 2.49. The van der Waals surface area contributed by atoms with Crippen LogP contribution in [0.3, 0.4) is 0 Å². The topological polar surface area (TPSA) is 20.2 Å². The third-order valence-corrected chi connectivity index (χ3v) is 3.74. The molecule has 0 aliphatic heterocycles. The molecule has 1 aromatic rings. The quantitative estimate of drug-likeness (QED) is 0.713. The summed E-state index contributed by atoms with van der Waals surface area (Å²) in [5, 5.41) is 9.65. The van der Waals surface area contributed by atoms with Crippen LogP contribution in [0.4, 0.5) is 0 Å². The largest absolute Gasteiger partial charge is 0.387 e. The van der Waals surface area contributed by atoms with Crippen LogP contribution in [0.2, 0.25) is 0 Å². The van der Waals surface area contributed by atoms with Crippen LogP contribution in [0.15, 0.2) is 6.07 Å². The van der Waals surface area contributed by atoms with Crippen LogP contribution in [-0.4, -0.2) is 5.11 Å². The van der Waals surface area contributed by atoms with Gasteiger partial charge in [-0.15, -0.1) is 23.7 Å². The lowest BCUT2D eigenvalue weighted by atomic mass is 10.2. The van der Waals surface area contributed by atoms with Gasteiger partial charge in [-0.3, -0.25) is 0 Å². The average molecular weight is 192 g/mol. The SMILES string of the molecule is C#CCC(O)c1cc2c(s1)CCC2. The molecular formula is C11H12OS. The van der Waals surface area contributed by atoms with Gasteiger partial charge >= 0.3 is 0 Å². The van der Waals surface area contributed by atoms with Crippen molar-refractivity contribution in [1.29, 1.82) is 0 Å². The molecule has 0 bridgehead atoms. The van der Waals surface area contributed by atoms with Crippen LogP contribution < -0.4 is 0 Å². The highest BCUT2D eigenvalue weighted by Crippen LogP contribution is 2.34. The third kappa shape index (κ3) is 1.63. The van der Waals surface area contributed by atoms with Gasteiger partial charge in [-0.2, -0.15) is 0 Å². The van der Waals surface area contributed by atoms with Gasteiger partial charge in [-0.1, -0.05) is 0 Å². The first-order valence-electron chi connectivity index (χ1n) is 4.54. The van der Waals surface area contributed by atoms with Gasteiger partial charge in [-0.25, -0.2) is 0 Å². The molecule has 1 aliphatic rings. The molecule has 13 heavy (non-hydrogen) atoms. The molecule has 0 radical (unpaired) electrons. The number of hydrogen-bond acceptors (Lipinski definition) is 2. The van der Waals surface area contributed by atoms with Gasteiger partial charge in [0, 0.05) is 16.2 Å². The Morgan fingerprint density at radius 2 is 2.46 bits per heavy atom. The number of aliphatic hydroxyl groups is 1. The van der Waals surface area contributed by atoms with Crippen LogP contribution in [-0.2, 0) is 12.8 Å². The van der Waals surface area contributed by atoms with Crippen molar-refractivity contribution >= 4 is 11.3 Å². The lowest BCUT2D eigenvalue weighted by Crippen LogP contribution is -1.91. The van der Waals surface area contributed by atoms with Crippen LogP contribution in [0.5, 0.6) is 0 Å². The van der Waals surface area contributed by atoms with Crippen molar-refractivity contribution in [3.63, 3.8) is 0 Å². The Bertz CT molecular complexity index is 324. The van der Waals surface area contributed by atoms with E-state index in [1.165, 1.54) is 29.7 Å². The summed E-state index contributed by atoms with van der Waals surface area (Å²) in [7, 11) is 0. The van der Waals surface area contributed by atoms with E-state index < -0.39 is 6.10 Å². The summed E-state index contributed by atoms with van der Waals surface area (Å²) >= 11 is 1.72. The summed E-state index contributed by atoms with van der Waals surface area (Å²) in [5.41, 5.74) is 1.43. The summed E-state index contributed by atoms with van der Waals surface area (Å²) in [6, 6.07) is 2.12. The summed E-state index contributed by atoms with van der Waals surface area (Å²) < 4.78 is 0. The van der Waals surface area contributed by atoms with Gasteiger partial charge in [0.1, 0.15) is 0 Å². The van der Waals surface area contributed by atoms with Crippen LogP contribution in [0, 0.1) is 12.3 Å². The molecule has 0 spiro atoms. The Kier molecular flexibility index (Phi) is 2.39. The first kappa shape index (κ1) is 8.80. The Balaban J connectivity index is 2.19. The molecule has 0 saturated heterocycles. The van der Waals surface area contributed by atoms with Gasteiger partial charge in [0.05, 0.1) is 6.10 Å². The van der Waals surface area contributed by atoms with E-state index >= 15 is 0 Å². The lowest BCUT2D eigenvalue weighted by Gasteiger charge is -2.02. The Morgan fingerprint density at radius 3 is 3.15 bits per heavy atom. The minimum absolute atomic E-state index is 0.430. The fourth-order valence-electron chi connectivity index (χ4n) is 1.73. The van der Waals surface area contributed by atoms with E-state index in [1.54, 1.807) is 11.3 Å². The van der Waals surface area contributed by atoms with Gasteiger partial charge in [0.2, 0.25) is 0 Å². The van der Waals surface area contributed by atoms with E-state index in [4.69, 9.17) is 6.42 Å². The summed E-state index contributed by atoms with van der Waals surface area (Å²) in [6.07, 6.45) is 8.77. The number of fused-ring (bicyclic) bond motifs is 1. The number of rotatable bonds is 2. The van der Waals surface area contributed by atoms with E-state index in [0.29, 0.717) is 6.42 Å². The highest BCUT2D eigenvalue weighted by molar-refractivity contribution is 7.12. The van der Waals surface area contributed by atoms with Gasteiger partial charge in [-0.05, 0) is 30.9 Å². The molecule has 0 fully saturated rings. The monoisotopic (exact) mass is 192 g/mol. The second kappa shape index (κ2) is 3.53. The zero-order valence-corrected chi connectivity index (χ0v) is 8.23. The number of aliphatic hydroxyl groups excluding tert-OH is 1. The van der Waals surface area contributed by atoms with Gasteiger partial charge in [0.25, 0.3) is 0 Å². The fourth-order valence-corrected chi connectivity index (χ4v) is 2.97. The number of aryl methyl sites for hydroxylation is 2. The molecule has 1 N–H and O–H groups in total. The maximum Gasteiger partial charge on any atom is 0.0990 e. The average Bonchev–Trinajstić information content (AvgIpc) is 2.61. The van der Waals surface area contributed by atoms with Crippen LogP contribution in [0.1, 0.15) is 34.3 Å². The molecule has 2 heteroatoms. The van der Waals surface area contributed by atoms with Crippen molar-refractivity contribution < 1.29 is 5.11 Å². The second-order valence-corrected chi connectivity index (χ2v) is 4.54. The van der Waals surface area contributed by atoms with Gasteiger partial charge < -0.3 is 5.11 Å². The molecule has 1 atom stereocenters. The Labute approximate surface area is 82.4 Å². The zero-order valence-electron chi connectivity index (χ0n) is 7.42. The van der Waals surface area contributed by atoms with E-state index in [2.05, 4.69) is 12.0 Å². The number of hydrogen-bond donors (Lipinski definition) is 1. The number of terminal acetylenes is 1. The molecule has 1 heterocycles. The molecule has 1 aliphatic carbocycles. The van der Waals surface area contributed by atoms with E-state index in [1.807, 2.05) is 0 Å². The van der Waals surface area contributed by atoms with E-state index in [-0.39, 0.29) is 0 Å². The first-order chi connectivity index (χ1) is 6.31. The lowest BCUT2D eigenvalue weighted by molar-refractivity contribution is 0.188. The summed E-state index contributed by atoms with van der Waals surface area (Å²) in [5.74, 6) is 2.49. The molecular weight excluding hydrogens is 180 g/mol. The molecule has 1 unspecified atom stereocenters. The Morgan fingerprint density at radius 1 is 1.62 bits per heavy atom. The second-order valence-electron chi connectivity index (χ2n) is 3.37. The highest BCUT2D eigenvalue weighted by atomic mass is 32.1. The molecule has 1 aromatic heterocycles. The molecule has 2 rings (SSSR count). The van der Waals surface area contributed by atoms with Crippen molar-refractivity contribution in [3.05, 3.63) is 21.4 Å². The predicted molar refractivity (Wildman–Crippen MR) is 54.8 cm³/mol. The molecule has 0 saturated carbocycles. The molecule has 0 amide bonds. The predicted octanol–water partition coefficient (Wildman–Crippen LogP) is 2.29. The fraction of sp³-hybridized carbons (Fsp3) is 0.455. The van der Waals surface area contributed by atoms with Crippen LogP contribution >= 0.6 is 11.3 Å². The maximum atomic E-state index is 9.65. The summed E-state index contributed by atoms with van der Waals surface area (Å²) in [6.45, 7) is 0.